The number of carbonyl (C=O) groups is 2. The summed E-state index contributed by atoms with van der Waals surface area (Å²) >= 11 is 0. The van der Waals surface area contributed by atoms with Gasteiger partial charge < -0.3 is 10.0 Å². The SMILES string of the molecule is Cc1cc(F)ccc1C(=O)N(C)C1(C(=O)O)CCCCC1. The lowest BCUT2D eigenvalue weighted by Crippen LogP contribution is -2.56. The van der Waals surface area contributed by atoms with Gasteiger partial charge in [-0.15, -0.1) is 0 Å². The van der Waals surface area contributed by atoms with Gasteiger partial charge in [0.25, 0.3) is 5.91 Å². The molecule has 1 N–H and O–H groups in total. The number of aliphatic carboxylic acids is 1. The van der Waals surface area contributed by atoms with E-state index in [1.807, 2.05) is 0 Å². The van der Waals surface area contributed by atoms with E-state index in [9.17, 15) is 19.1 Å². The quantitative estimate of drug-likeness (QED) is 0.932. The van der Waals surface area contributed by atoms with Crippen molar-refractivity contribution >= 4 is 11.9 Å². The summed E-state index contributed by atoms with van der Waals surface area (Å²) in [6.45, 7) is 1.65. The molecular formula is C16H20FNO3. The minimum atomic E-state index is -1.14. The van der Waals surface area contributed by atoms with Gasteiger partial charge in [-0.05, 0) is 43.5 Å². The number of benzene rings is 1. The molecule has 1 aliphatic carbocycles. The predicted octanol–water partition coefficient (Wildman–Crippen LogP) is 2.99. The molecule has 0 atom stereocenters. The molecule has 0 saturated heterocycles. The third-order valence-corrected chi connectivity index (χ3v) is 4.44. The Kier molecular flexibility index (Phi) is 4.30. The van der Waals surface area contributed by atoms with E-state index in [4.69, 9.17) is 0 Å². The zero-order valence-corrected chi connectivity index (χ0v) is 12.4. The zero-order valence-electron chi connectivity index (χ0n) is 12.4. The second-order valence-electron chi connectivity index (χ2n) is 5.72. The number of carbonyl (C=O) groups excluding carboxylic acids is 1. The van der Waals surface area contributed by atoms with E-state index in [1.165, 1.54) is 30.1 Å². The Hall–Kier alpha value is -1.91. The number of likely N-dealkylation sites (N-methyl/N-ethyl adjacent to an activating group) is 1. The first kappa shape index (κ1) is 15.5. The minimum Gasteiger partial charge on any atom is -0.479 e. The van der Waals surface area contributed by atoms with Gasteiger partial charge in [0.2, 0.25) is 0 Å². The summed E-state index contributed by atoms with van der Waals surface area (Å²) in [5, 5.41) is 9.61. The highest BCUT2D eigenvalue weighted by molar-refractivity contribution is 5.98. The first-order chi connectivity index (χ1) is 9.88. The second-order valence-corrected chi connectivity index (χ2v) is 5.72. The first-order valence-electron chi connectivity index (χ1n) is 7.16. The monoisotopic (exact) mass is 293 g/mol. The topological polar surface area (TPSA) is 57.6 Å². The fraction of sp³-hybridized carbons (Fsp3) is 0.500. The Bertz CT molecular complexity index is 565. The van der Waals surface area contributed by atoms with Crippen LogP contribution in [0, 0.1) is 12.7 Å². The molecule has 0 bridgehead atoms. The largest absolute Gasteiger partial charge is 0.479 e. The van der Waals surface area contributed by atoms with Crippen molar-refractivity contribution in [2.45, 2.75) is 44.6 Å². The molecule has 0 aromatic heterocycles. The molecule has 0 aliphatic heterocycles. The van der Waals surface area contributed by atoms with Crippen LogP contribution in [-0.2, 0) is 4.79 Å². The van der Waals surface area contributed by atoms with Gasteiger partial charge >= 0.3 is 5.97 Å². The van der Waals surface area contributed by atoms with Gasteiger partial charge in [-0.25, -0.2) is 9.18 Å². The Morgan fingerprint density at radius 3 is 2.38 bits per heavy atom. The molecule has 4 nitrogen and oxygen atoms in total. The van der Waals surface area contributed by atoms with Crippen LogP contribution >= 0.6 is 0 Å². The van der Waals surface area contributed by atoms with E-state index in [1.54, 1.807) is 6.92 Å². The van der Waals surface area contributed by atoms with Gasteiger partial charge in [-0.1, -0.05) is 19.3 Å². The Morgan fingerprint density at radius 1 is 1.24 bits per heavy atom. The molecule has 1 aromatic rings. The summed E-state index contributed by atoms with van der Waals surface area (Å²) in [7, 11) is 1.53. The van der Waals surface area contributed by atoms with Gasteiger partial charge in [-0.2, -0.15) is 0 Å². The Balaban J connectivity index is 2.34. The molecule has 0 unspecified atom stereocenters. The van der Waals surface area contributed by atoms with Crippen molar-refractivity contribution in [1.82, 2.24) is 4.90 Å². The molecule has 1 amide bonds. The number of hydrogen-bond donors (Lipinski definition) is 1. The van der Waals surface area contributed by atoms with Crippen LogP contribution in [0.4, 0.5) is 4.39 Å². The van der Waals surface area contributed by atoms with Gasteiger partial charge in [0.15, 0.2) is 0 Å². The average Bonchev–Trinajstić information content (AvgIpc) is 2.46. The van der Waals surface area contributed by atoms with Crippen molar-refractivity contribution in [2.75, 3.05) is 7.05 Å². The normalized spacial score (nSPS) is 17.3. The van der Waals surface area contributed by atoms with Crippen LogP contribution in [-0.4, -0.2) is 34.5 Å². The standard InChI is InChI=1S/C16H20FNO3/c1-11-10-12(17)6-7-13(11)14(19)18(2)16(15(20)21)8-4-3-5-9-16/h6-7,10H,3-5,8-9H2,1-2H3,(H,20,21). The van der Waals surface area contributed by atoms with Gasteiger partial charge in [0, 0.05) is 12.6 Å². The van der Waals surface area contributed by atoms with Crippen LogP contribution in [0.25, 0.3) is 0 Å². The Labute approximate surface area is 123 Å². The molecule has 1 aromatic carbocycles. The fourth-order valence-electron chi connectivity index (χ4n) is 3.07. The van der Waals surface area contributed by atoms with Gasteiger partial charge in [0.1, 0.15) is 11.4 Å². The first-order valence-corrected chi connectivity index (χ1v) is 7.16. The van der Waals surface area contributed by atoms with E-state index in [-0.39, 0.29) is 5.91 Å². The van der Waals surface area contributed by atoms with Crippen molar-refractivity contribution in [3.63, 3.8) is 0 Å². The lowest BCUT2D eigenvalue weighted by molar-refractivity contribution is -0.151. The highest BCUT2D eigenvalue weighted by Gasteiger charge is 2.45. The number of halogens is 1. The number of hydrogen-bond acceptors (Lipinski definition) is 2. The smallest absolute Gasteiger partial charge is 0.329 e. The number of aryl methyl sites for hydroxylation is 1. The molecular weight excluding hydrogens is 273 g/mol. The van der Waals surface area contributed by atoms with E-state index >= 15 is 0 Å². The van der Waals surface area contributed by atoms with Crippen LogP contribution in [0.15, 0.2) is 18.2 Å². The molecule has 114 valence electrons. The predicted molar refractivity (Wildman–Crippen MR) is 76.7 cm³/mol. The highest BCUT2D eigenvalue weighted by Crippen LogP contribution is 2.34. The molecule has 21 heavy (non-hydrogen) atoms. The van der Waals surface area contributed by atoms with Gasteiger partial charge in [0.05, 0.1) is 0 Å². The molecule has 1 aliphatic rings. The molecule has 0 heterocycles. The third kappa shape index (κ3) is 2.77. The molecule has 0 spiro atoms. The van der Waals surface area contributed by atoms with Crippen LogP contribution in [0.1, 0.15) is 48.0 Å². The maximum atomic E-state index is 13.2. The molecule has 2 rings (SSSR count). The van der Waals surface area contributed by atoms with Crippen molar-refractivity contribution in [2.24, 2.45) is 0 Å². The van der Waals surface area contributed by atoms with E-state index in [2.05, 4.69) is 0 Å². The van der Waals surface area contributed by atoms with E-state index in [0.717, 1.165) is 19.3 Å². The lowest BCUT2D eigenvalue weighted by atomic mass is 9.80. The highest BCUT2D eigenvalue weighted by atomic mass is 19.1. The van der Waals surface area contributed by atoms with Crippen molar-refractivity contribution in [1.29, 1.82) is 0 Å². The Morgan fingerprint density at radius 2 is 1.86 bits per heavy atom. The number of carboxylic acids is 1. The van der Waals surface area contributed by atoms with Gasteiger partial charge in [-0.3, -0.25) is 4.79 Å². The zero-order chi connectivity index (χ0) is 15.6. The number of carboxylic acid groups (broad SMARTS) is 1. The lowest BCUT2D eigenvalue weighted by Gasteiger charge is -2.41. The molecule has 1 saturated carbocycles. The van der Waals surface area contributed by atoms with Crippen LogP contribution < -0.4 is 0 Å². The molecule has 1 fully saturated rings. The summed E-state index contributed by atoms with van der Waals surface area (Å²) in [5.41, 5.74) is -0.274. The summed E-state index contributed by atoms with van der Waals surface area (Å²) in [5.74, 6) is -1.73. The molecule has 5 heteroatoms. The van der Waals surface area contributed by atoms with Crippen molar-refractivity contribution in [3.8, 4) is 0 Å². The van der Waals surface area contributed by atoms with E-state index in [0.29, 0.717) is 24.0 Å². The molecule has 0 radical (unpaired) electrons. The van der Waals surface area contributed by atoms with Crippen molar-refractivity contribution < 1.29 is 19.1 Å². The summed E-state index contributed by atoms with van der Waals surface area (Å²) in [4.78, 5) is 25.7. The maximum absolute atomic E-state index is 13.2. The number of nitrogens with zero attached hydrogens (tertiary/aromatic N) is 1. The summed E-state index contributed by atoms with van der Waals surface area (Å²) < 4.78 is 13.2. The third-order valence-electron chi connectivity index (χ3n) is 4.44. The average molecular weight is 293 g/mol. The number of rotatable bonds is 3. The van der Waals surface area contributed by atoms with E-state index < -0.39 is 17.3 Å². The fourth-order valence-corrected chi connectivity index (χ4v) is 3.07. The maximum Gasteiger partial charge on any atom is 0.329 e. The number of amides is 1. The van der Waals surface area contributed by atoms with Crippen molar-refractivity contribution in [3.05, 3.63) is 35.1 Å². The second kappa shape index (κ2) is 5.84. The summed E-state index contributed by atoms with van der Waals surface area (Å²) in [6.07, 6.45) is 3.51. The van der Waals surface area contributed by atoms with Crippen LogP contribution in [0.2, 0.25) is 0 Å². The summed E-state index contributed by atoms with van der Waals surface area (Å²) in [6, 6.07) is 3.93. The minimum absolute atomic E-state index is 0.352. The van der Waals surface area contributed by atoms with Crippen LogP contribution in [0.3, 0.4) is 0 Å². The van der Waals surface area contributed by atoms with Crippen LogP contribution in [0.5, 0.6) is 0 Å².